The average molecular weight is 506 g/mol. The zero-order valence-electron chi connectivity index (χ0n) is 20.6. The molecule has 0 spiro atoms. The Bertz CT molecular complexity index is 1450. The van der Waals surface area contributed by atoms with E-state index in [9.17, 15) is 9.59 Å². The number of carbonyl (C=O) groups excluding carboxylic acids is 2. The highest BCUT2D eigenvalue weighted by Gasteiger charge is 2.28. The number of piperidine rings is 1. The smallest absolute Gasteiger partial charge is 0.306 e. The third-order valence-electron chi connectivity index (χ3n) is 6.58. The fourth-order valence-electron chi connectivity index (χ4n) is 4.74. The number of rotatable bonds is 6. The van der Waals surface area contributed by atoms with Crippen LogP contribution in [0.25, 0.3) is 21.3 Å². The highest BCUT2D eigenvalue weighted by molar-refractivity contribution is 7.21. The van der Waals surface area contributed by atoms with Gasteiger partial charge in [0, 0.05) is 16.5 Å². The largest absolute Gasteiger partial charge is 0.397 e. The van der Waals surface area contributed by atoms with Crippen molar-refractivity contribution in [2.24, 2.45) is 0 Å². The van der Waals surface area contributed by atoms with Crippen LogP contribution >= 0.6 is 11.3 Å². The summed E-state index contributed by atoms with van der Waals surface area (Å²) < 4.78 is 5.35. The third-order valence-corrected chi connectivity index (χ3v) is 7.68. The first-order valence-electron chi connectivity index (χ1n) is 12.2. The van der Waals surface area contributed by atoms with Gasteiger partial charge in [0.1, 0.15) is 9.71 Å². The molecule has 0 saturated carbocycles. The molecule has 1 aliphatic heterocycles. The number of Topliss-reactive ketones (excluding diaryl/α,β-unsaturated/α-hetero) is 1. The molecule has 0 bridgehead atoms. The van der Waals surface area contributed by atoms with Crippen molar-refractivity contribution < 1.29 is 18.9 Å². The first-order valence-corrected chi connectivity index (χ1v) is 13.0. The summed E-state index contributed by atoms with van der Waals surface area (Å²) in [6.07, 6.45) is 5.96. The molecule has 4 heterocycles. The van der Waals surface area contributed by atoms with Gasteiger partial charge in [-0.2, -0.15) is 5.01 Å². The minimum Gasteiger partial charge on any atom is -0.397 e. The predicted molar refractivity (Wildman–Crippen MR) is 140 cm³/mol. The zero-order valence-corrected chi connectivity index (χ0v) is 21.4. The third kappa shape index (κ3) is 4.32. The molecular weight excluding hydrogens is 476 g/mol. The monoisotopic (exact) mass is 505 g/mol. The zero-order chi connectivity index (χ0) is 25.4. The second kappa shape index (κ2) is 9.69. The molecule has 5 rings (SSSR count). The van der Waals surface area contributed by atoms with Gasteiger partial charge in [0.2, 0.25) is 5.27 Å². The second-order valence-electron chi connectivity index (χ2n) is 9.03. The molecule has 9 nitrogen and oxygen atoms in total. The molecule has 4 aromatic rings. The Morgan fingerprint density at radius 3 is 2.58 bits per heavy atom. The minimum atomic E-state index is -0.410. The first-order chi connectivity index (χ1) is 17.4. The Balaban J connectivity index is 1.54. The van der Waals surface area contributed by atoms with Gasteiger partial charge in [-0.25, -0.2) is 4.98 Å². The number of nitrogens with two attached hydrogens (primary N) is 1. The van der Waals surface area contributed by atoms with Crippen LogP contribution in [0.1, 0.15) is 64.4 Å². The molecule has 3 aromatic heterocycles. The van der Waals surface area contributed by atoms with E-state index >= 15 is 0 Å². The number of ketones is 1. The van der Waals surface area contributed by atoms with Gasteiger partial charge in [-0.1, -0.05) is 31.2 Å². The molecular formula is C26H29N6O3S+. The number of benzene rings is 1. The van der Waals surface area contributed by atoms with Crippen LogP contribution in [0.4, 0.5) is 11.6 Å². The van der Waals surface area contributed by atoms with Crippen molar-refractivity contribution in [3.05, 3.63) is 52.2 Å². The maximum Gasteiger partial charge on any atom is 0.306 e. The van der Waals surface area contributed by atoms with Crippen LogP contribution in [0.15, 0.2) is 35.0 Å². The number of anilines is 2. The van der Waals surface area contributed by atoms with Gasteiger partial charge >= 0.3 is 5.88 Å². The number of thiophene rings is 1. The van der Waals surface area contributed by atoms with Gasteiger partial charge in [-0.3, -0.25) is 19.4 Å². The van der Waals surface area contributed by atoms with Crippen LogP contribution in [0.5, 0.6) is 0 Å². The topological polar surface area (TPSA) is 118 Å². The number of amides is 1. The van der Waals surface area contributed by atoms with Crippen LogP contribution in [-0.2, 0) is 6.42 Å². The number of carbonyl (C=O) groups is 2. The van der Waals surface area contributed by atoms with E-state index in [1.54, 1.807) is 11.0 Å². The maximum absolute atomic E-state index is 13.2. The number of nitrogens with zero attached hydrogens (tertiary/aromatic N) is 4. The van der Waals surface area contributed by atoms with Crippen molar-refractivity contribution in [2.45, 2.75) is 46.5 Å². The van der Waals surface area contributed by atoms with Crippen molar-refractivity contribution in [1.82, 2.24) is 10.3 Å². The van der Waals surface area contributed by atoms with Gasteiger partial charge in [-0.05, 0) is 50.7 Å². The maximum atomic E-state index is 13.2. The lowest BCUT2D eigenvalue weighted by atomic mass is 9.92. The number of hydrogen-bond acceptors (Lipinski definition) is 8. The highest BCUT2D eigenvalue weighted by Crippen LogP contribution is 2.42. The van der Waals surface area contributed by atoms with Crippen LogP contribution in [0, 0.1) is 6.92 Å². The molecule has 1 fully saturated rings. The molecule has 0 radical (unpaired) electrons. The van der Waals surface area contributed by atoms with E-state index in [1.165, 1.54) is 30.2 Å². The van der Waals surface area contributed by atoms with Crippen molar-refractivity contribution in [3.63, 3.8) is 0 Å². The Morgan fingerprint density at radius 1 is 1.19 bits per heavy atom. The standard InChI is InChI=1S/C26H28N6O3S/c1-4-17-8-10-18(11-9-17)21-20(16(3)33)15(2)28-26-22(21)23(27)24(36-26)25(34)29-19-14-32(30-35-19)31-12-6-5-7-13-31/h8-11,14H,4-7,12-13H2,1-3H3,(H2-,27,29,30,34)/p+1. The van der Waals surface area contributed by atoms with Crippen LogP contribution in [0.2, 0.25) is 0 Å². The van der Waals surface area contributed by atoms with E-state index in [2.05, 4.69) is 27.5 Å². The molecule has 1 amide bonds. The average Bonchev–Trinajstić information content (AvgIpc) is 3.48. The molecule has 1 saturated heterocycles. The highest BCUT2D eigenvalue weighted by atomic mass is 32.1. The van der Waals surface area contributed by atoms with E-state index in [4.69, 9.17) is 10.3 Å². The number of hydrogen-bond donors (Lipinski definition) is 2. The second-order valence-corrected chi connectivity index (χ2v) is 10.0. The molecule has 1 aromatic carbocycles. The lowest BCUT2D eigenvalue weighted by Gasteiger charge is -2.17. The van der Waals surface area contributed by atoms with E-state index in [0.717, 1.165) is 37.9 Å². The van der Waals surface area contributed by atoms with Crippen LogP contribution < -0.4 is 20.9 Å². The van der Waals surface area contributed by atoms with E-state index in [-0.39, 0.29) is 11.7 Å². The Labute approximate surface area is 212 Å². The summed E-state index contributed by atoms with van der Waals surface area (Å²) >= 11 is 1.20. The summed E-state index contributed by atoms with van der Waals surface area (Å²) in [5.74, 6) is -0.282. The van der Waals surface area contributed by atoms with Crippen LogP contribution in [-0.4, -0.2) is 35.0 Å². The van der Waals surface area contributed by atoms with Crippen LogP contribution in [0.3, 0.4) is 0 Å². The normalized spacial score (nSPS) is 13.8. The van der Waals surface area contributed by atoms with Gasteiger partial charge in [-0.15, -0.1) is 11.3 Å². The van der Waals surface area contributed by atoms with Crippen molar-refractivity contribution in [1.29, 1.82) is 0 Å². The molecule has 36 heavy (non-hydrogen) atoms. The predicted octanol–water partition coefficient (Wildman–Crippen LogP) is 4.27. The van der Waals surface area contributed by atoms with Gasteiger partial charge in [0.05, 0.1) is 29.3 Å². The number of nitrogen functional groups attached to an aromatic ring is 1. The van der Waals surface area contributed by atoms with Crippen molar-refractivity contribution >= 4 is 44.8 Å². The number of aromatic nitrogens is 3. The number of fused-ring (bicyclic) bond motifs is 1. The summed E-state index contributed by atoms with van der Waals surface area (Å²) in [4.78, 5) is 33.1. The summed E-state index contributed by atoms with van der Waals surface area (Å²) in [6, 6.07) is 8.06. The van der Waals surface area contributed by atoms with Crippen molar-refractivity contribution in [2.75, 3.05) is 29.1 Å². The Morgan fingerprint density at radius 2 is 1.92 bits per heavy atom. The van der Waals surface area contributed by atoms with E-state index < -0.39 is 5.91 Å². The van der Waals surface area contributed by atoms with Crippen molar-refractivity contribution in [3.8, 4) is 11.1 Å². The quantitative estimate of drug-likeness (QED) is 0.297. The molecule has 0 aliphatic carbocycles. The fraction of sp³-hybridized carbons (Fsp3) is 0.346. The summed E-state index contributed by atoms with van der Waals surface area (Å²) in [5.41, 5.74) is 10.7. The lowest BCUT2D eigenvalue weighted by Crippen LogP contribution is -2.60. The number of nitrogens with one attached hydrogen (secondary N) is 1. The molecule has 186 valence electrons. The van der Waals surface area contributed by atoms with Gasteiger partial charge < -0.3 is 5.73 Å². The molecule has 3 N–H and O–H groups in total. The lowest BCUT2D eigenvalue weighted by molar-refractivity contribution is -0.759. The summed E-state index contributed by atoms with van der Waals surface area (Å²) in [6.45, 7) is 7.20. The fourth-order valence-corrected chi connectivity index (χ4v) is 5.78. The number of aryl methyl sites for hydroxylation is 2. The van der Waals surface area contributed by atoms with Gasteiger partial charge in [0.25, 0.3) is 12.1 Å². The SMILES string of the molecule is CCc1ccc(-c2c(C(C)=O)c(C)nc3sc(C(=O)Nc4c[n+](N5CCCCC5)no4)c(N)c23)cc1. The van der Waals surface area contributed by atoms with E-state index in [0.29, 0.717) is 37.6 Å². The number of pyridine rings is 1. The first kappa shape index (κ1) is 23.9. The van der Waals surface area contributed by atoms with E-state index in [1.807, 2.05) is 31.2 Å². The summed E-state index contributed by atoms with van der Waals surface area (Å²) in [7, 11) is 0. The Kier molecular flexibility index (Phi) is 6.44. The van der Waals surface area contributed by atoms with Gasteiger partial charge in [0.15, 0.2) is 5.78 Å². The molecule has 1 aliphatic rings. The Hall–Kier alpha value is -3.79. The molecule has 0 atom stereocenters. The molecule has 10 heteroatoms. The molecule has 0 unspecified atom stereocenters. The summed E-state index contributed by atoms with van der Waals surface area (Å²) in [5, 5.41) is 9.49. The minimum absolute atomic E-state index is 0.100.